The summed E-state index contributed by atoms with van der Waals surface area (Å²) in [6.07, 6.45) is 3.97. The van der Waals surface area contributed by atoms with E-state index in [0.717, 1.165) is 38.2 Å². The van der Waals surface area contributed by atoms with Gasteiger partial charge in [-0.25, -0.2) is 0 Å². The molecular formula is C20H24ClN3O2. The molecule has 1 aromatic carbocycles. The third-order valence-electron chi connectivity index (χ3n) is 4.78. The summed E-state index contributed by atoms with van der Waals surface area (Å²) < 4.78 is 5.25. The number of carbonyl (C=O) groups excluding carboxylic acids is 1. The fourth-order valence-electron chi connectivity index (χ4n) is 3.26. The minimum absolute atomic E-state index is 0.139. The SMILES string of the molecule is COc1ccc(Cl)cc1C(=O)NCC1CCN(Cc2ccccn2)CC1. The van der Waals surface area contributed by atoms with Gasteiger partial charge in [-0.2, -0.15) is 0 Å². The van der Waals surface area contributed by atoms with Crippen molar-refractivity contribution in [3.63, 3.8) is 0 Å². The van der Waals surface area contributed by atoms with Crippen molar-refractivity contribution in [3.05, 3.63) is 58.9 Å². The van der Waals surface area contributed by atoms with Crippen LogP contribution < -0.4 is 10.1 Å². The Morgan fingerprint density at radius 1 is 1.31 bits per heavy atom. The van der Waals surface area contributed by atoms with E-state index in [0.29, 0.717) is 28.8 Å². The van der Waals surface area contributed by atoms with Crippen molar-refractivity contribution in [2.24, 2.45) is 5.92 Å². The summed E-state index contributed by atoms with van der Waals surface area (Å²) >= 11 is 6.00. The minimum Gasteiger partial charge on any atom is -0.496 e. The predicted octanol–water partition coefficient (Wildman–Crippen LogP) is 3.39. The van der Waals surface area contributed by atoms with E-state index in [1.165, 1.54) is 0 Å². The number of aromatic nitrogens is 1. The average molecular weight is 374 g/mol. The Morgan fingerprint density at radius 3 is 2.81 bits per heavy atom. The van der Waals surface area contributed by atoms with Crippen molar-refractivity contribution in [1.82, 2.24) is 15.2 Å². The highest BCUT2D eigenvalue weighted by atomic mass is 35.5. The lowest BCUT2D eigenvalue weighted by Crippen LogP contribution is -2.38. The van der Waals surface area contributed by atoms with Crippen LogP contribution in [-0.2, 0) is 6.54 Å². The highest BCUT2D eigenvalue weighted by molar-refractivity contribution is 6.31. The normalized spacial score (nSPS) is 15.6. The van der Waals surface area contributed by atoms with Crippen molar-refractivity contribution in [2.45, 2.75) is 19.4 Å². The van der Waals surface area contributed by atoms with Gasteiger partial charge < -0.3 is 10.1 Å². The molecule has 1 aromatic heterocycles. The fourth-order valence-corrected chi connectivity index (χ4v) is 3.43. The van der Waals surface area contributed by atoms with Crippen molar-refractivity contribution < 1.29 is 9.53 Å². The van der Waals surface area contributed by atoms with Gasteiger partial charge in [0.15, 0.2) is 0 Å². The summed E-state index contributed by atoms with van der Waals surface area (Å²) in [5.74, 6) is 0.890. The number of hydrogen-bond donors (Lipinski definition) is 1. The average Bonchev–Trinajstić information content (AvgIpc) is 2.68. The summed E-state index contributed by atoms with van der Waals surface area (Å²) in [5, 5.41) is 3.55. The molecular weight excluding hydrogens is 350 g/mol. The van der Waals surface area contributed by atoms with E-state index in [2.05, 4.69) is 21.3 Å². The van der Waals surface area contributed by atoms with Gasteiger partial charge in [0, 0.05) is 24.3 Å². The maximum Gasteiger partial charge on any atom is 0.255 e. The number of likely N-dealkylation sites (tertiary alicyclic amines) is 1. The maximum absolute atomic E-state index is 12.5. The summed E-state index contributed by atoms with van der Waals surface area (Å²) in [5.41, 5.74) is 1.58. The Hall–Kier alpha value is -2.11. The second kappa shape index (κ2) is 9.01. The molecule has 0 bridgehead atoms. The smallest absolute Gasteiger partial charge is 0.255 e. The molecule has 26 heavy (non-hydrogen) atoms. The van der Waals surface area contributed by atoms with Crippen LogP contribution in [0.15, 0.2) is 42.6 Å². The number of benzene rings is 1. The van der Waals surface area contributed by atoms with Gasteiger partial charge in [-0.05, 0) is 62.2 Å². The van der Waals surface area contributed by atoms with Gasteiger partial charge in [-0.3, -0.25) is 14.7 Å². The maximum atomic E-state index is 12.5. The van der Waals surface area contributed by atoms with Gasteiger partial charge in [-0.15, -0.1) is 0 Å². The molecule has 1 aliphatic rings. The van der Waals surface area contributed by atoms with Gasteiger partial charge in [-0.1, -0.05) is 17.7 Å². The molecule has 6 heteroatoms. The first-order valence-electron chi connectivity index (χ1n) is 8.89. The summed E-state index contributed by atoms with van der Waals surface area (Å²) in [4.78, 5) is 19.3. The van der Waals surface area contributed by atoms with E-state index in [1.807, 2.05) is 18.3 Å². The van der Waals surface area contributed by atoms with Gasteiger partial charge in [0.05, 0.1) is 18.4 Å². The van der Waals surface area contributed by atoms with E-state index in [-0.39, 0.29) is 5.91 Å². The first kappa shape index (κ1) is 18.7. The molecule has 0 saturated carbocycles. The van der Waals surface area contributed by atoms with Crippen LogP contribution in [0, 0.1) is 5.92 Å². The standard InChI is InChI=1S/C20H24ClN3O2/c1-26-19-6-5-16(21)12-18(19)20(25)23-13-15-7-10-24(11-8-15)14-17-4-2-3-9-22-17/h2-6,9,12,15H,7-8,10-11,13-14H2,1H3,(H,23,25). The molecule has 0 unspecified atom stereocenters. The number of nitrogens with zero attached hydrogens (tertiary/aromatic N) is 2. The fraction of sp³-hybridized carbons (Fsp3) is 0.400. The summed E-state index contributed by atoms with van der Waals surface area (Å²) in [7, 11) is 1.55. The number of piperidine rings is 1. The van der Waals surface area contributed by atoms with E-state index < -0.39 is 0 Å². The lowest BCUT2D eigenvalue weighted by Gasteiger charge is -2.31. The van der Waals surface area contributed by atoms with Crippen molar-refractivity contribution in [2.75, 3.05) is 26.7 Å². The van der Waals surface area contributed by atoms with Gasteiger partial charge >= 0.3 is 0 Å². The number of rotatable bonds is 6. The van der Waals surface area contributed by atoms with Crippen LogP contribution in [0.5, 0.6) is 5.75 Å². The number of halogens is 1. The highest BCUT2D eigenvalue weighted by Crippen LogP contribution is 2.23. The van der Waals surface area contributed by atoms with E-state index >= 15 is 0 Å². The molecule has 0 atom stereocenters. The van der Waals surface area contributed by atoms with E-state index in [9.17, 15) is 4.79 Å². The third kappa shape index (κ3) is 4.96. The molecule has 2 aromatic rings. The first-order chi connectivity index (χ1) is 12.7. The van der Waals surface area contributed by atoms with Crippen molar-refractivity contribution in [1.29, 1.82) is 0 Å². The molecule has 1 fully saturated rings. The van der Waals surface area contributed by atoms with Crippen LogP contribution in [-0.4, -0.2) is 42.5 Å². The zero-order chi connectivity index (χ0) is 18.4. The summed E-state index contributed by atoms with van der Waals surface area (Å²) in [6, 6.07) is 11.1. The molecule has 138 valence electrons. The van der Waals surface area contributed by atoms with Crippen LogP contribution in [0.4, 0.5) is 0 Å². The van der Waals surface area contributed by atoms with E-state index in [4.69, 9.17) is 16.3 Å². The van der Waals surface area contributed by atoms with Crippen LogP contribution in [0.2, 0.25) is 5.02 Å². The largest absolute Gasteiger partial charge is 0.496 e. The molecule has 3 rings (SSSR count). The number of nitrogens with one attached hydrogen (secondary N) is 1. The Bertz CT molecular complexity index is 731. The van der Waals surface area contributed by atoms with Gasteiger partial charge in [0.2, 0.25) is 0 Å². The minimum atomic E-state index is -0.139. The van der Waals surface area contributed by atoms with Crippen LogP contribution in [0.1, 0.15) is 28.9 Å². The Balaban J connectivity index is 1.46. The molecule has 1 aliphatic heterocycles. The summed E-state index contributed by atoms with van der Waals surface area (Å²) in [6.45, 7) is 3.61. The molecule has 5 nitrogen and oxygen atoms in total. The number of methoxy groups -OCH3 is 1. The molecule has 1 saturated heterocycles. The second-order valence-corrected chi connectivity index (χ2v) is 7.03. The lowest BCUT2D eigenvalue weighted by atomic mass is 9.96. The molecule has 1 amide bonds. The number of carbonyl (C=O) groups is 1. The Labute approximate surface area is 159 Å². The van der Waals surface area contributed by atoms with Gasteiger partial charge in [0.1, 0.15) is 5.75 Å². The lowest BCUT2D eigenvalue weighted by molar-refractivity contribution is 0.0932. The van der Waals surface area contributed by atoms with Gasteiger partial charge in [0.25, 0.3) is 5.91 Å². The third-order valence-corrected chi connectivity index (χ3v) is 5.01. The zero-order valence-electron chi connectivity index (χ0n) is 15.0. The van der Waals surface area contributed by atoms with Crippen molar-refractivity contribution in [3.8, 4) is 5.75 Å². The topological polar surface area (TPSA) is 54.5 Å². The second-order valence-electron chi connectivity index (χ2n) is 6.60. The number of ether oxygens (including phenoxy) is 1. The molecule has 0 aliphatic carbocycles. The first-order valence-corrected chi connectivity index (χ1v) is 9.27. The Kier molecular flexibility index (Phi) is 6.47. The van der Waals surface area contributed by atoms with E-state index in [1.54, 1.807) is 25.3 Å². The monoisotopic (exact) mass is 373 g/mol. The van der Waals surface area contributed by atoms with Crippen LogP contribution >= 0.6 is 11.6 Å². The number of amides is 1. The van der Waals surface area contributed by atoms with Crippen LogP contribution in [0.25, 0.3) is 0 Å². The molecule has 1 N–H and O–H groups in total. The number of pyridine rings is 1. The quantitative estimate of drug-likeness (QED) is 0.843. The highest BCUT2D eigenvalue weighted by Gasteiger charge is 2.21. The number of hydrogen-bond acceptors (Lipinski definition) is 4. The molecule has 0 spiro atoms. The van der Waals surface area contributed by atoms with Crippen LogP contribution in [0.3, 0.4) is 0 Å². The molecule has 2 heterocycles. The molecule has 0 radical (unpaired) electrons. The predicted molar refractivity (Wildman–Crippen MR) is 103 cm³/mol. The Morgan fingerprint density at radius 2 is 2.12 bits per heavy atom. The van der Waals surface area contributed by atoms with Crippen molar-refractivity contribution >= 4 is 17.5 Å². The zero-order valence-corrected chi connectivity index (χ0v) is 15.7.